The van der Waals surface area contributed by atoms with Crippen LogP contribution in [0.25, 0.3) is 11.3 Å². The molecule has 0 bridgehead atoms. The van der Waals surface area contributed by atoms with Crippen LogP contribution >= 0.6 is 11.6 Å². The summed E-state index contributed by atoms with van der Waals surface area (Å²) in [6, 6.07) is 9.76. The monoisotopic (exact) mass is 415 g/mol. The third-order valence-electron chi connectivity index (χ3n) is 6.03. The van der Waals surface area contributed by atoms with Crippen molar-refractivity contribution in [3.63, 3.8) is 0 Å². The summed E-state index contributed by atoms with van der Waals surface area (Å²) in [6.07, 6.45) is 2.70. The summed E-state index contributed by atoms with van der Waals surface area (Å²) in [5, 5.41) is 9.49. The second-order valence-electron chi connectivity index (χ2n) is 8.18. The Balaban J connectivity index is 1.32. The minimum absolute atomic E-state index is 0.580. The first-order chi connectivity index (χ1) is 14.1. The third kappa shape index (κ3) is 5.00. The first kappa shape index (κ1) is 20.4. The van der Waals surface area contributed by atoms with Gasteiger partial charge >= 0.3 is 0 Å². The molecule has 0 saturated carbocycles. The maximum atomic E-state index is 6.24. The van der Waals surface area contributed by atoms with E-state index in [-0.39, 0.29) is 0 Å². The quantitative estimate of drug-likeness (QED) is 0.746. The number of methoxy groups -OCH3 is 1. The SMILES string of the molecule is COc1ccc(-c2ccc(N3CCN(CC4CCCN(C)C4)CC3)nn2)cc1Cl. The predicted molar refractivity (Wildman–Crippen MR) is 118 cm³/mol. The molecule has 29 heavy (non-hydrogen) atoms. The second kappa shape index (κ2) is 9.28. The molecular weight excluding hydrogens is 386 g/mol. The van der Waals surface area contributed by atoms with Crippen LogP contribution in [0.3, 0.4) is 0 Å². The summed E-state index contributed by atoms with van der Waals surface area (Å²) in [7, 11) is 3.86. The van der Waals surface area contributed by atoms with E-state index < -0.39 is 0 Å². The Morgan fingerprint density at radius 3 is 2.55 bits per heavy atom. The Morgan fingerprint density at radius 2 is 1.90 bits per heavy atom. The van der Waals surface area contributed by atoms with E-state index in [4.69, 9.17) is 16.3 Å². The van der Waals surface area contributed by atoms with Crippen molar-refractivity contribution < 1.29 is 4.74 Å². The van der Waals surface area contributed by atoms with Crippen molar-refractivity contribution >= 4 is 17.4 Å². The van der Waals surface area contributed by atoms with Crippen LogP contribution in [0, 0.1) is 5.92 Å². The summed E-state index contributed by atoms with van der Waals surface area (Å²) < 4.78 is 5.22. The smallest absolute Gasteiger partial charge is 0.151 e. The number of nitrogens with zero attached hydrogens (tertiary/aromatic N) is 5. The lowest BCUT2D eigenvalue weighted by Gasteiger charge is -2.38. The van der Waals surface area contributed by atoms with Crippen LogP contribution in [0.15, 0.2) is 30.3 Å². The molecule has 1 atom stereocenters. The van der Waals surface area contributed by atoms with Gasteiger partial charge in [-0.3, -0.25) is 4.90 Å². The van der Waals surface area contributed by atoms with Gasteiger partial charge in [0.25, 0.3) is 0 Å². The normalized spacial score (nSPS) is 21.3. The van der Waals surface area contributed by atoms with Gasteiger partial charge in [0.05, 0.1) is 17.8 Å². The zero-order valence-electron chi connectivity index (χ0n) is 17.4. The van der Waals surface area contributed by atoms with Gasteiger partial charge < -0.3 is 14.5 Å². The third-order valence-corrected chi connectivity index (χ3v) is 6.33. The number of ether oxygens (including phenoxy) is 1. The first-order valence-electron chi connectivity index (χ1n) is 10.5. The molecule has 2 aromatic rings. The summed E-state index contributed by atoms with van der Waals surface area (Å²) >= 11 is 6.24. The first-order valence-corrected chi connectivity index (χ1v) is 10.8. The van der Waals surface area contributed by atoms with Gasteiger partial charge in [-0.25, -0.2) is 0 Å². The highest BCUT2D eigenvalue weighted by Crippen LogP contribution is 2.29. The average Bonchev–Trinajstić information content (AvgIpc) is 2.74. The molecule has 0 amide bonds. The van der Waals surface area contributed by atoms with Crippen molar-refractivity contribution in [2.45, 2.75) is 12.8 Å². The Morgan fingerprint density at radius 1 is 1.07 bits per heavy atom. The summed E-state index contributed by atoms with van der Waals surface area (Å²) in [6.45, 7) is 7.91. The number of benzene rings is 1. The highest BCUT2D eigenvalue weighted by molar-refractivity contribution is 6.32. The summed E-state index contributed by atoms with van der Waals surface area (Å²) in [4.78, 5) is 7.42. The molecule has 0 spiro atoms. The number of halogens is 1. The van der Waals surface area contributed by atoms with Crippen LogP contribution in [0.1, 0.15) is 12.8 Å². The zero-order chi connectivity index (χ0) is 20.2. The number of hydrogen-bond acceptors (Lipinski definition) is 6. The van der Waals surface area contributed by atoms with Gasteiger partial charge in [0.2, 0.25) is 0 Å². The largest absolute Gasteiger partial charge is 0.495 e. The molecule has 156 valence electrons. The van der Waals surface area contributed by atoms with Crippen molar-refractivity contribution in [3.8, 4) is 17.0 Å². The second-order valence-corrected chi connectivity index (χ2v) is 8.59. The van der Waals surface area contributed by atoms with E-state index in [1.165, 1.54) is 32.5 Å². The van der Waals surface area contributed by atoms with Crippen LogP contribution in [-0.2, 0) is 0 Å². The molecular formula is C22H30ClN5O. The average molecular weight is 416 g/mol. The fourth-order valence-electron chi connectivity index (χ4n) is 4.42. The summed E-state index contributed by atoms with van der Waals surface area (Å²) in [5.41, 5.74) is 1.76. The van der Waals surface area contributed by atoms with E-state index in [1.54, 1.807) is 7.11 Å². The van der Waals surface area contributed by atoms with Crippen molar-refractivity contribution in [2.24, 2.45) is 5.92 Å². The molecule has 0 N–H and O–H groups in total. The Labute approximate surface area is 178 Å². The molecule has 2 fully saturated rings. The molecule has 1 aromatic carbocycles. The van der Waals surface area contributed by atoms with Gasteiger partial charge in [0.1, 0.15) is 5.75 Å². The molecule has 0 radical (unpaired) electrons. The topological polar surface area (TPSA) is 44.7 Å². The van der Waals surface area contributed by atoms with E-state index in [0.29, 0.717) is 10.8 Å². The molecule has 1 unspecified atom stereocenters. The van der Waals surface area contributed by atoms with E-state index in [0.717, 1.165) is 49.2 Å². The lowest BCUT2D eigenvalue weighted by molar-refractivity contribution is 0.147. The standard InChI is InChI=1S/C22H30ClN5O/c1-26-9-3-4-17(15-26)16-27-10-12-28(13-11-27)22-8-6-20(24-25-22)18-5-7-21(29-2)19(23)14-18/h5-8,14,17H,3-4,9-13,15-16H2,1-2H3. The number of piperazine rings is 1. The highest BCUT2D eigenvalue weighted by Gasteiger charge is 2.23. The molecule has 1 aromatic heterocycles. The van der Waals surface area contributed by atoms with Crippen LogP contribution in [0.2, 0.25) is 5.02 Å². The number of piperidine rings is 1. The Kier molecular flexibility index (Phi) is 6.53. The number of aromatic nitrogens is 2. The molecule has 4 rings (SSSR count). The summed E-state index contributed by atoms with van der Waals surface area (Å²) in [5.74, 6) is 2.43. The van der Waals surface area contributed by atoms with Crippen LogP contribution < -0.4 is 9.64 Å². The van der Waals surface area contributed by atoms with Gasteiger partial charge in [0.15, 0.2) is 5.82 Å². The zero-order valence-corrected chi connectivity index (χ0v) is 18.1. The lowest BCUT2D eigenvalue weighted by atomic mass is 9.97. The Hall–Kier alpha value is -1.89. The molecule has 3 heterocycles. The molecule has 6 nitrogen and oxygen atoms in total. The van der Waals surface area contributed by atoms with E-state index >= 15 is 0 Å². The molecule has 2 saturated heterocycles. The van der Waals surface area contributed by atoms with E-state index in [1.807, 2.05) is 24.3 Å². The van der Waals surface area contributed by atoms with E-state index in [9.17, 15) is 0 Å². The molecule has 2 aliphatic heterocycles. The van der Waals surface area contributed by atoms with Gasteiger partial charge in [-0.1, -0.05) is 11.6 Å². The maximum Gasteiger partial charge on any atom is 0.151 e. The van der Waals surface area contributed by atoms with Crippen LogP contribution in [0.4, 0.5) is 5.82 Å². The number of likely N-dealkylation sites (tertiary alicyclic amines) is 1. The van der Waals surface area contributed by atoms with Gasteiger partial charge in [0, 0.05) is 44.8 Å². The van der Waals surface area contributed by atoms with Crippen molar-refractivity contribution in [1.29, 1.82) is 0 Å². The van der Waals surface area contributed by atoms with Crippen molar-refractivity contribution in [3.05, 3.63) is 35.4 Å². The van der Waals surface area contributed by atoms with Gasteiger partial charge in [-0.05, 0) is 62.7 Å². The lowest BCUT2D eigenvalue weighted by Crippen LogP contribution is -2.49. The van der Waals surface area contributed by atoms with Crippen molar-refractivity contribution in [1.82, 2.24) is 20.0 Å². The highest BCUT2D eigenvalue weighted by atomic mass is 35.5. The minimum atomic E-state index is 0.580. The number of anilines is 1. The van der Waals surface area contributed by atoms with Crippen LogP contribution in [-0.4, -0.2) is 80.0 Å². The Bertz CT molecular complexity index is 807. The minimum Gasteiger partial charge on any atom is -0.495 e. The number of rotatable bonds is 5. The van der Waals surface area contributed by atoms with Gasteiger partial charge in [-0.2, -0.15) is 0 Å². The maximum absolute atomic E-state index is 6.24. The van der Waals surface area contributed by atoms with E-state index in [2.05, 4.69) is 38.0 Å². The predicted octanol–water partition coefficient (Wildman–Crippen LogP) is 3.27. The molecule has 7 heteroatoms. The molecule has 2 aliphatic rings. The fourth-order valence-corrected chi connectivity index (χ4v) is 4.68. The van der Waals surface area contributed by atoms with Gasteiger partial charge in [-0.15, -0.1) is 10.2 Å². The fraction of sp³-hybridized carbons (Fsp3) is 0.545. The molecule has 0 aliphatic carbocycles. The van der Waals surface area contributed by atoms with Crippen LogP contribution in [0.5, 0.6) is 5.75 Å². The number of hydrogen-bond donors (Lipinski definition) is 0. The van der Waals surface area contributed by atoms with Crippen molar-refractivity contribution in [2.75, 3.05) is 64.9 Å².